The summed E-state index contributed by atoms with van der Waals surface area (Å²) in [6.07, 6.45) is -6.59. The SMILES string of the molecule is C=C(C)C(=O)OCC(O)CC(F)(F)C(F)(F)CC(C)O. The molecular weight excluding hydrogens is 284 g/mol. The van der Waals surface area contributed by atoms with Crippen LogP contribution in [0.5, 0.6) is 0 Å². The summed E-state index contributed by atoms with van der Waals surface area (Å²) in [6, 6.07) is 0. The van der Waals surface area contributed by atoms with Crippen LogP contribution in [0.4, 0.5) is 17.6 Å². The van der Waals surface area contributed by atoms with E-state index in [1.807, 2.05) is 0 Å². The van der Waals surface area contributed by atoms with Crippen molar-refractivity contribution < 1.29 is 37.3 Å². The summed E-state index contributed by atoms with van der Waals surface area (Å²) in [4.78, 5) is 11.0. The molecule has 8 heteroatoms. The first-order chi connectivity index (χ1) is 8.89. The van der Waals surface area contributed by atoms with E-state index in [1.165, 1.54) is 6.92 Å². The normalized spacial score (nSPS) is 15.6. The van der Waals surface area contributed by atoms with Gasteiger partial charge in [0, 0.05) is 18.4 Å². The van der Waals surface area contributed by atoms with Crippen LogP contribution in [0.15, 0.2) is 12.2 Å². The fraction of sp³-hybridized carbons (Fsp3) is 0.750. The molecular formula is C12H18F4O4. The van der Waals surface area contributed by atoms with Crippen molar-refractivity contribution in [1.82, 2.24) is 0 Å². The summed E-state index contributed by atoms with van der Waals surface area (Å²) in [5, 5.41) is 18.0. The lowest BCUT2D eigenvalue weighted by molar-refractivity contribution is -0.233. The fourth-order valence-corrected chi connectivity index (χ4v) is 1.32. The Bertz CT molecular complexity index is 355. The molecule has 0 rings (SSSR count). The standard InChI is InChI=1S/C12H18F4O4/c1-7(2)10(19)20-6-9(18)5-12(15,16)11(13,14)4-8(3)17/h8-9,17-18H,1,4-6H2,2-3H3. The number of halogens is 4. The van der Waals surface area contributed by atoms with E-state index in [1.54, 1.807) is 0 Å². The Morgan fingerprint density at radius 3 is 2.05 bits per heavy atom. The van der Waals surface area contributed by atoms with Crippen LogP contribution in [0, 0.1) is 0 Å². The van der Waals surface area contributed by atoms with Crippen molar-refractivity contribution in [3.8, 4) is 0 Å². The molecule has 20 heavy (non-hydrogen) atoms. The van der Waals surface area contributed by atoms with Gasteiger partial charge in [0.25, 0.3) is 0 Å². The lowest BCUT2D eigenvalue weighted by Gasteiger charge is -2.29. The van der Waals surface area contributed by atoms with E-state index in [9.17, 15) is 27.5 Å². The van der Waals surface area contributed by atoms with Gasteiger partial charge in [0.15, 0.2) is 0 Å². The maximum Gasteiger partial charge on any atom is 0.333 e. The maximum absolute atomic E-state index is 13.3. The van der Waals surface area contributed by atoms with Crippen molar-refractivity contribution >= 4 is 5.97 Å². The van der Waals surface area contributed by atoms with Crippen LogP contribution in [-0.2, 0) is 9.53 Å². The fourth-order valence-electron chi connectivity index (χ4n) is 1.32. The Balaban J connectivity index is 4.51. The summed E-state index contributed by atoms with van der Waals surface area (Å²) in [7, 11) is 0. The lowest BCUT2D eigenvalue weighted by atomic mass is 10.00. The zero-order valence-electron chi connectivity index (χ0n) is 11.2. The summed E-state index contributed by atoms with van der Waals surface area (Å²) in [5.74, 6) is -9.91. The molecule has 2 atom stereocenters. The molecule has 0 bridgehead atoms. The van der Waals surface area contributed by atoms with Gasteiger partial charge in [-0.15, -0.1) is 0 Å². The highest BCUT2D eigenvalue weighted by atomic mass is 19.3. The number of esters is 1. The Morgan fingerprint density at radius 2 is 1.65 bits per heavy atom. The summed E-state index contributed by atoms with van der Waals surface area (Å²) >= 11 is 0. The average Bonchev–Trinajstić information content (AvgIpc) is 2.22. The van der Waals surface area contributed by atoms with Crippen LogP contribution in [0.2, 0.25) is 0 Å². The van der Waals surface area contributed by atoms with Gasteiger partial charge in [0.2, 0.25) is 0 Å². The molecule has 0 fully saturated rings. The van der Waals surface area contributed by atoms with E-state index < -0.39 is 49.5 Å². The van der Waals surface area contributed by atoms with E-state index in [4.69, 9.17) is 5.11 Å². The highest BCUT2D eigenvalue weighted by Gasteiger charge is 2.56. The second kappa shape index (κ2) is 7.03. The predicted octanol–water partition coefficient (Wildman–Crippen LogP) is 1.90. The zero-order valence-corrected chi connectivity index (χ0v) is 11.2. The second-order valence-electron chi connectivity index (χ2n) is 4.70. The van der Waals surface area contributed by atoms with Gasteiger partial charge in [-0.25, -0.2) is 4.79 Å². The Hall–Kier alpha value is -1.15. The molecule has 0 amide bonds. The van der Waals surface area contributed by atoms with Gasteiger partial charge in [0.1, 0.15) is 6.61 Å². The van der Waals surface area contributed by atoms with Crippen LogP contribution in [0.25, 0.3) is 0 Å². The first-order valence-electron chi connectivity index (χ1n) is 5.83. The monoisotopic (exact) mass is 302 g/mol. The molecule has 118 valence electrons. The molecule has 0 aromatic rings. The van der Waals surface area contributed by atoms with Crippen LogP contribution < -0.4 is 0 Å². The molecule has 0 saturated heterocycles. The van der Waals surface area contributed by atoms with Crippen molar-refractivity contribution in [1.29, 1.82) is 0 Å². The minimum Gasteiger partial charge on any atom is -0.460 e. The van der Waals surface area contributed by atoms with E-state index in [0.717, 1.165) is 6.92 Å². The average molecular weight is 302 g/mol. The van der Waals surface area contributed by atoms with Gasteiger partial charge < -0.3 is 14.9 Å². The number of aliphatic hydroxyl groups is 2. The Morgan fingerprint density at radius 1 is 1.20 bits per heavy atom. The molecule has 0 heterocycles. The Kier molecular flexibility index (Phi) is 6.63. The number of hydrogen-bond donors (Lipinski definition) is 2. The van der Waals surface area contributed by atoms with Gasteiger partial charge in [-0.1, -0.05) is 6.58 Å². The number of rotatable bonds is 8. The highest BCUT2D eigenvalue weighted by Crippen LogP contribution is 2.41. The number of carbonyl (C=O) groups excluding carboxylic acids is 1. The molecule has 4 nitrogen and oxygen atoms in total. The maximum atomic E-state index is 13.3. The van der Waals surface area contributed by atoms with Crippen molar-refractivity contribution in [3.63, 3.8) is 0 Å². The summed E-state index contributed by atoms with van der Waals surface area (Å²) in [5.41, 5.74) is -0.0107. The molecule has 0 saturated carbocycles. The van der Waals surface area contributed by atoms with Crippen LogP contribution >= 0.6 is 0 Å². The topological polar surface area (TPSA) is 66.8 Å². The molecule has 0 radical (unpaired) electrons. The highest BCUT2D eigenvalue weighted by molar-refractivity contribution is 5.86. The first-order valence-corrected chi connectivity index (χ1v) is 5.83. The molecule has 2 unspecified atom stereocenters. The lowest BCUT2D eigenvalue weighted by Crippen LogP contribution is -2.45. The number of hydrogen-bond acceptors (Lipinski definition) is 4. The quantitative estimate of drug-likeness (QED) is 0.408. The van der Waals surface area contributed by atoms with E-state index >= 15 is 0 Å². The smallest absolute Gasteiger partial charge is 0.333 e. The molecule has 0 aromatic heterocycles. The molecule has 0 aliphatic rings. The van der Waals surface area contributed by atoms with Crippen LogP contribution in [0.3, 0.4) is 0 Å². The third-order valence-electron chi connectivity index (χ3n) is 2.33. The third-order valence-corrected chi connectivity index (χ3v) is 2.33. The molecule has 0 aromatic carbocycles. The summed E-state index contributed by atoms with van der Waals surface area (Å²) < 4.78 is 57.4. The predicted molar refractivity (Wildman–Crippen MR) is 62.6 cm³/mol. The third kappa shape index (κ3) is 5.87. The first kappa shape index (κ1) is 18.9. The minimum atomic E-state index is -4.53. The van der Waals surface area contributed by atoms with Crippen LogP contribution in [-0.4, -0.2) is 46.8 Å². The molecule has 0 spiro atoms. The van der Waals surface area contributed by atoms with Gasteiger partial charge in [-0.3, -0.25) is 0 Å². The summed E-state index contributed by atoms with van der Waals surface area (Å²) in [6.45, 7) is 4.65. The van der Waals surface area contributed by atoms with Crippen LogP contribution in [0.1, 0.15) is 26.7 Å². The van der Waals surface area contributed by atoms with E-state index in [2.05, 4.69) is 11.3 Å². The van der Waals surface area contributed by atoms with Gasteiger partial charge in [0.05, 0.1) is 12.2 Å². The van der Waals surface area contributed by atoms with Crippen molar-refractivity contribution in [3.05, 3.63) is 12.2 Å². The van der Waals surface area contributed by atoms with Gasteiger partial charge in [-0.05, 0) is 13.8 Å². The largest absolute Gasteiger partial charge is 0.460 e. The second-order valence-corrected chi connectivity index (χ2v) is 4.70. The number of ether oxygens (including phenoxy) is 1. The minimum absolute atomic E-state index is 0.0107. The number of aliphatic hydroxyl groups excluding tert-OH is 2. The molecule has 0 aliphatic carbocycles. The van der Waals surface area contributed by atoms with Crippen molar-refractivity contribution in [2.75, 3.05) is 6.61 Å². The molecule has 2 N–H and O–H groups in total. The number of carbonyl (C=O) groups is 1. The number of alkyl halides is 4. The van der Waals surface area contributed by atoms with Gasteiger partial charge in [-0.2, -0.15) is 17.6 Å². The zero-order chi connectivity index (χ0) is 16.1. The van der Waals surface area contributed by atoms with E-state index in [-0.39, 0.29) is 5.57 Å². The van der Waals surface area contributed by atoms with Gasteiger partial charge >= 0.3 is 17.8 Å². The van der Waals surface area contributed by atoms with Crippen molar-refractivity contribution in [2.45, 2.75) is 50.7 Å². The van der Waals surface area contributed by atoms with Crippen molar-refractivity contribution in [2.24, 2.45) is 0 Å². The van der Waals surface area contributed by atoms with E-state index in [0.29, 0.717) is 0 Å². The molecule has 0 aliphatic heterocycles. The Labute approximate surface area is 114 Å².